The van der Waals surface area contributed by atoms with Gasteiger partial charge >= 0.3 is 0 Å². The summed E-state index contributed by atoms with van der Waals surface area (Å²) in [5.74, 6) is -1.91. The fourth-order valence-corrected chi connectivity index (χ4v) is 4.89. The molecule has 3 aromatic rings. The molecular weight excluding hydrogens is 419 g/mol. The second-order valence-corrected chi connectivity index (χ2v) is 8.67. The van der Waals surface area contributed by atoms with E-state index in [9.17, 15) is 22.8 Å². The van der Waals surface area contributed by atoms with Crippen LogP contribution in [0.25, 0.3) is 22.2 Å². The molecule has 2 heterocycles. The molecule has 2 aliphatic rings. The van der Waals surface area contributed by atoms with Crippen LogP contribution < -0.4 is 10.6 Å². The summed E-state index contributed by atoms with van der Waals surface area (Å²) in [4.78, 5) is 27.0. The van der Waals surface area contributed by atoms with Gasteiger partial charge in [0.25, 0.3) is 0 Å². The summed E-state index contributed by atoms with van der Waals surface area (Å²) in [5, 5.41) is 5.93. The lowest BCUT2D eigenvalue weighted by atomic mass is 9.69. The molecule has 32 heavy (non-hydrogen) atoms. The third-order valence-corrected chi connectivity index (χ3v) is 6.50. The predicted octanol–water partition coefficient (Wildman–Crippen LogP) is 4.14. The Kier molecular flexibility index (Phi) is 5.15. The second kappa shape index (κ2) is 8.00. The minimum Gasteiger partial charge on any atom is -0.354 e. The summed E-state index contributed by atoms with van der Waals surface area (Å²) in [7, 11) is 0. The van der Waals surface area contributed by atoms with Crippen molar-refractivity contribution in [2.75, 3.05) is 6.54 Å². The molecule has 3 N–H and O–H groups in total. The van der Waals surface area contributed by atoms with E-state index in [4.69, 9.17) is 0 Å². The van der Waals surface area contributed by atoms with Gasteiger partial charge in [0, 0.05) is 24.4 Å². The maximum absolute atomic E-state index is 14.5. The number of carbonyl (C=O) groups is 2. The van der Waals surface area contributed by atoms with Gasteiger partial charge in [0.2, 0.25) is 11.8 Å². The van der Waals surface area contributed by atoms with Gasteiger partial charge in [-0.15, -0.1) is 0 Å². The number of hydrogen-bond donors (Lipinski definition) is 3. The van der Waals surface area contributed by atoms with Crippen LogP contribution >= 0.6 is 0 Å². The fourth-order valence-electron chi connectivity index (χ4n) is 4.89. The van der Waals surface area contributed by atoms with Crippen molar-refractivity contribution in [2.45, 2.75) is 37.6 Å². The van der Waals surface area contributed by atoms with Crippen molar-refractivity contribution in [3.63, 3.8) is 0 Å². The van der Waals surface area contributed by atoms with Gasteiger partial charge in [0.15, 0.2) is 0 Å². The maximum atomic E-state index is 14.5. The highest BCUT2D eigenvalue weighted by molar-refractivity contribution is 5.92. The first kappa shape index (κ1) is 20.6. The molecule has 5 nitrogen and oxygen atoms in total. The number of amides is 2. The zero-order chi connectivity index (χ0) is 22.4. The van der Waals surface area contributed by atoms with Crippen molar-refractivity contribution in [3.8, 4) is 11.3 Å². The van der Waals surface area contributed by atoms with Crippen LogP contribution in [0.3, 0.4) is 0 Å². The SMILES string of the molecule is O=C(CC1CC(c2c(-c3ccc(F)cc3)[nH]c3c(F)cc(F)cc23)C1)N[C@@H]1CCNC1=O. The Labute approximate surface area is 182 Å². The lowest BCUT2D eigenvalue weighted by Crippen LogP contribution is -2.41. The van der Waals surface area contributed by atoms with E-state index >= 15 is 0 Å². The molecule has 8 heteroatoms. The van der Waals surface area contributed by atoms with E-state index in [1.54, 1.807) is 12.1 Å². The van der Waals surface area contributed by atoms with Crippen molar-refractivity contribution in [1.82, 2.24) is 15.6 Å². The molecule has 1 atom stereocenters. The molecule has 0 radical (unpaired) electrons. The topological polar surface area (TPSA) is 74.0 Å². The number of nitrogens with one attached hydrogen (secondary N) is 3. The molecule has 1 aliphatic carbocycles. The number of benzene rings is 2. The highest BCUT2D eigenvalue weighted by atomic mass is 19.1. The molecule has 0 bridgehead atoms. The average molecular weight is 441 g/mol. The number of fused-ring (bicyclic) bond motifs is 1. The zero-order valence-corrected chi connectivity index (χ0v) is 17.2. The van der Waals surface area contributed by atoms with E-state index < -0.39 is 17.7 Å². The van der Waals surface area contributed by atoms with Crippen LogP contribution in [-0.4, -0.2) is 29.4 Å². The number of halogens is 3. The predicted molar refractivity (Wildman–Crippen MR) is 113 cm³/mol. The van der Waals surface area contributed by atoms with Gasteiger partial charge in [-0.3, -0.25) is 9.59 Å². The van der Waals surface area contributed by atoms with Gasteiger partial charge in [-0.25, -0.2) is 13.2 Å². The summed E-state index contributed by atoms with van der Waals surface area (Å²) in [6, 6.07) is 7.55. The molecule has 1 saturated heterocycles. The molecule has 1 aromatic heterocycles. The molecule has 166 valence electrons. The van der Waals surface area contributed by atoms with Gasteiger partial charge in [0.1, 0.15) is 23.5 Å². The number of aromatic nitrogens is 1. The van der Waals surface area contributed by atoms with Crippen LogP contribution in [0.1, 0.15) is 37.2 Å². The average Bonchev–Trinajstić information content (AvgIpc) is 3.29. The van der Waals surface area contributed by atoms with E-state index in [1.807, 2.05) is 0 Å². The summed E-state index contributed by atoms with van der Waals surface area (Å²) in [5.41, 5.74) is 2.33. The van der Waals surface area contributed by atoms with Crippen molar-refractivity contribution >= 4 is 22.7 Å². The number of hydrogen-bond acceptors (Lipinski definition) is 2. The lowest BCUT2D eigenvalue weighted by Gasteiger charge is -2.36. The van der Waals surface area contributed by atoms with E-state index in [1.165, 1.54) is 18.2 Å². The monoisotopic (exact) mass is 441 g/mol. The Bertz CT molecular complexity index is 1200. The minimum absolute atomic E-state index is 0.0117. The Morgan fingerprint density at radius 1 is 1.06 bits per heavy atom. The number of rotatable bonds is 5. The maximum Gasteiger partial charge on any atom is 0.242 e. The number of aromatic amines is 1. The summed E-state index contributed by atoms with van der Waals surface area (Å²) < 4.78 is 41.9. The molecule has 0 spiro atoms. The first-order valence-electron chi connectivity index (χ1n) is 10.7. The Hall–Kier alpha value is -3.29. The molecule has 2 aromatic carbocycles. The second-order valence-electron chi connectivity index (χ2n) is 8.67. The van der Waals surface area contributed by atoms with Crippen molar-refractivity contribution in [1.29, 1.82) is 0 Å². The highest BCUT2D eigenvalue weighted by Crippen LogP contribution is 2.49. The van der Waals surface area contributed by atoms with Gasteiger partial charge in [-0.2, -0.15) is 0 Å². The van der Waals surface area contributed by atoms with Gasteiger partial charge < -0.3 is 15.6 Å². The number of H-pyrrole nitrogens is 1. The Morgan fingerprint density at radius 3 is 2.50 bits per heavy atom. The van der Waals surface area contributed by atoms with Crippen LogP contribution in [0.4, 0.5) is 13.2 Å². The molecule has 1 saturated carbocycles. The van der Waals surface area contributed by atoms with Crippen molar-refractivity contribution in [2.24, 2.45) is 5.92 Å². The van der Waals surface area contributed by atoms with Crippen LogP contribution in [-0.2, 0) is 9.59 Å². The molecule has 2 fully saturated rings. The molecule has 1 aliphatic heterocycles. The summed E-state index contributed by atoms with van der Waals surface area (Å²) in [6.07, 6.45) is 2.26. The normalized spacial score (nSPS) is 22.6. The van der Waals surface area contributed by atoms with Gasteiger partial charge in [-0.05, 0) is 72.6 Å². The van der Waals surface area contributed by atoms with Crippen LogP contribution in [0, 0.1) is 23.4 Å². The van der Waals surface area contributed by atoms with E-state index in [0.717, 1.165) is 11.6 Å². The van der Waals surface area contributed by atoms with Crippen LogP contribution in [0.5, 0.6) is 0 Å². The van der Waals surface area contributed by atoms with Gasteiger partial charge in [-0.1, -0.05) is 0 Å². The Morgan fingerprint density at radius 2 is 1.81 bits per heavy atom. The smallest absolute Gasteiger partial charge is 0.242 e. The molecule has 0 unspecified atom stereocenters. The first-order valence-corrected chi connectivity index (χ1v) is 10.7. The van der Waals surface area contributed by atoms with Crippen LogP contribution in [0.15, 0.2) is 36.4 Å². The van der Waals surface area contributed by atoms with E-state index in [0.29, 0.717) is 48.9 Å². The molecular formula is C24H22F3N3O2. The fraction of sp³-hybridized carbons (Fsp3) is 0.333. The van der Waals surface area contributed by atoms with Gasteiger partial charge in [0.05, 0.1) is 11.2 Å². The van der Waals surface area contributed by atoms with E-state index in [-0.39, 0.29) is 35.0 Å². The zero-order valence-electron chi connectivity index (χ0n) is 17.2. The number of carbonyl (C=O) groups excluding carboxylic acids is 2. The highest BCUT2D eigenvalue weighted by Gasteiger charge is 2.36. The quantitative estimate of drug-likeness (QED) is 0.557. The third kappa shape index (κ3) is 3.74. The molecule has 2 amide bonds. The summed E-state index contributed by atoms with van der Waals surface area (Å²) >= 11 is 0. The van der Waals surface area contributed by atoms with Crippen molar-refractivity contribution < 1.29 is 22.8 Å². The lowest BCUT2D eigenvalue weighted by molar-refractivity contribution is -0.128. The first-order chi connectivity index (χ1) is 15.4. The summed E-state index contributed by atoms with van der Waals surface area (Å²) in [6.45, 7) is 0.565. The largest absolute Gasteiger partial charge is 0.354 e. The third-order valence-electron chi connectivity index (χ3n) is 6.50. The molecule has 5 rings (SSSR count). The van der Waals surface area contributed by atoms with Crippen LogP contribution in [0.2, 0.25) is 0 Å². The Balaban J connectivity index is 1.38. The van der Waals surface area contributed by atoms with E-state index in [2.05, 4.69) is 15.6 Å². The van der Waals surface area contributed by atoms with Crippen molar-refractivity contribution in [3.05, 3.63) is 59.4 Å². The minimum atomic E-state index is -0.681. The standard InChI is InChI=1S/C24H22F3N3O2/c25-15-3-1-13(2-4-15)22-21(17-10-16(26)11-18(27)23(17)30-22)14-7-12(8-14)9-20(31)29-19-5-6-28-24(19)32/h1-4,10-12,14,19,30H,5-9H2,(H,28,32)(H,29,31)/t12?,14?,19-/m1/s1.